The molecule has 0 bridgehead atoms. The Morgan fingerprint density at radius 2 is 1.81 bits per heavy atom. The first-order chi connectivity index (χ1) is 9.61. The lowest BCUT2D eigenvalue weighted by atomic mass is 10.2. The van der Waals surface area contributed by atoms with Crippen molar-refractivity contribution < 1.29 is 4.74 Å². The zero-order valence-electron chi connectivity index (χ0n) is 13.4. The zero-order valence-corrected chi connectivity index (χ0v) is 15.8. The fourth-order valence-corrected chi connectivity index (χ4v) is 1.63. The third-order valence-electron chi connectivity index (χ3n) is 2.60. The van der Waals surface area contributed by atoms with E-state index in [4.69, 9.17) is 4.74 Å². The minimum Gasteiger partial charge on any atom is -0.489 e. The van der Waals surface area contributed by atoms with Crippen molar-refractivity contribution in [2.45, 2.75) is 33.8 Å². The van der Waals surface area contributed by atoms with Gasteiger partial charge in [-0.15, -0.1) is 24.0 Å². The molecule has 0 aliphatic carbocycles. The molecule has 0 spiro atoms. The third kappa shape index (κ3) is 9.55. The number of para-hydroxylation sites is 1. The highest BCUT2D eigenvalue weighted by Gasteiger charge is 2.05. The number of hydrogen-bond acceptors (Lipinski definition) is 2. The molecular formula is C16H28IN3O. The summed E-state index contributed by atoms with van der Waals surface area (Å²) in [5, 5.41) is 6.55. The molecule has 5 heteroatoms. The van der Waals surface area contributed by atoms with Gasteiger partial charge in [-0.05, 0) is 31.9 Å². The van der Waals surface area contributed by atoms with E-state index in [-0.39, 0.29) is 30.1 Å². The van der Waals surface area contributed by atoms with Crippen LogP contribution in [-0.2, 0) is 0 Å². The van der Waals surface area contributed by atoms with E-state index >= 15 is 0 Å². The lowest BCUT2D eigenvalue weighted by molar-refractivity contribution is 0.224. The maximum atomic E-state index is 5.82. The topological polar surface area (TPSA) is 45.7 Å². The van der Waals surface area contributed by atoms with Gasteiger partial charge in [0.25, 0.3) is 0 Å². The standard InChI is InChI=1S/C16H27N3O.HI/c1-5-17-16(18-11-13(2)3)19-12-14(4)20-15-9-7-6-8-10-15;/h6-10,13-14H,5,11-12H2,1-4H3,(H2,17,18,19);1H. The number of aliphatic imine (C=N–C) groups is 1. The van der Waals surface area contributed by atoms with Crippen LogP contribution in [-0.4, -0.2) is 31.7 Å². The number of rotatable bonds is 7. The van der Waals surface area contributed by atoms with E-state index in [0.717, 1.165) is 31.3 Å². The Bertz CT molecular complexity index is 396. The van der Waals surface area contributed by atoms with Crippen LogP contribution in [0.25, 0.3) is 0 Å². The van der Waals surface area contributed by atoms with Gasteiger partial charge in [0, 0.05) is 13.1 Å². The van der Waals surface area contributed by atoms with Gasteiger partial charge in [-0.25, -0.2) is 0 Å². The van der Waals surface area contributed by atoms with Crippen molar-refractivity contribution in [1.29, 1.82) is 0 Å². The van der Waals surface area contributed by atoms with Crippen molar-refractivity contribution >= 4 is 29.9 Å². The summed E-state index contributed by atoms with van der Waals surface area (Å²) in [6.45, 7) is 10.8. The molecule has 1 rings (SSSR count). The summed E-state index contributed by atoms with van der Waals surface area (Å²) in [5.74, 6) is 2.30. The van der Waals surface area contributed by atoms with E-state index in [1.54, 1.807) is 0 Å². The number of guanidine groups is 1. The lowest BCUT2D eigenvalue weighted by Gasteiger charge is -2.17. The van der Waals surface area contributed by atoms with Gasteiger partial charge >= 0.3 is 0 Å². The van der Waals surface area contributed by atoms with Gasteiger partial charge in [0.2, 0.25) is 0 Å². The highest BCUT2D eigenvalue weighted by atomic mass is 127. The molecule has 1 unspecified atom stereocenters. The van der Waals surface area contributed by atoms with E-state index in [2.05, 4.69) is 36.4 Å². The quantitative estimate of drug-likeness (QED) is 0.416. The van der Waals surface area contributed by atoms with Crippen LogP contribution < -0.4 is 15.4 Å². The summed E-state index contributed by atoms with van der Waals surface area (Å²) in [6.07, 6.45) is 0.0836. The molecule has 1 aromatic rings. The molecular weight excluding hydrogens is 377 g/mol. The second kappa shape index (κ2) is 11.7. The molecule has 2 N–H and O–H groups in total. The largest absolute Gasteiger partial charge is 0.489 e. The number of halogens is 1. The Morgan fingerprint density at radius 1 is 1.14 bits per heavy atom. The predicted molar refractivity (Wildman–Crippen MR) is 101 cm³/mol. The van der Waals surface area contributed by atoms with E-state index in [1.165, 1.54) is 0 Å². The smallest absolute Gasteiger partial charge is 0.191 e. The summed E-state index contributed by atoms with van der Waals surface area (Å²) in [6, 6.07) is 9.87. The Morgan fingerprint density at radius 3 is 2.38 bits per heavy atom. The lowest BCUT2D eigenvalue weighted by Crippen LogP contribution is -2.42. The number of ether oxygens (including phenoxy) is 1. The van der Waals surface area contributed by atoms with Gasteiger partial charge in [-0.2, -0.15) is 0 Å². The van der Waals surface area contributed by atoms with Crippen molar-refractivity contribution in [3.8, 4) is 5.75 Å². The molecule has 1 atom stereocenters. The fraction of sp³-hybridized carbons (Fsp3) is 0.562. The van der Waals surface area contributed by atoms with Crippen LogP contribution in [0.15, 0.2) is 35.3 Å². The van der Waals surface area contributed by atoms with Crippen molar-refractivity contribution in [2.75, 3.05) is 19.6 Å². The summed E-state index contributed by atoms with van der Waals surface area (Å²) >= 11 is 0. The van der Waals surface area contributed by atoms with Gasteiger partial charge in [-0.1, -0.05) is 32.0 Å². The predicted octanol–water partition coefficient (Wildman–Crippen LogP) is 3.28. The Labute approximate surface area is 145 Å². The second-order valence-electron chi connectivity index (χ2n) is 5.24. The molecule has 0 radical (unpaired) electrons. The minimum atomic E-state index is 0. The molecule has 1 aromatic carbocycles. The van der Waals surface area contributed by atoms with Crippen LogP contribution in [0.4, 0.5) is 0 Å². The number of nitrogens with zero attached hydrogens (tertiary/aromatic N) is 1. The van der Waals surface area contributed by atoms with Crippen LogP contribution in [0.3, 0.4) is 0 Å². The van der Waals surface area contributed by atoms with Gasteiger partial charge < -0.3 is 15.4 Å². The Hall–Kier alpha value is -0.980. The monoisotopic (exact) mass is 405 g/mol. The maximum absolute atomic E-state index is 5.82. The van der Waals surface area contributed by atoms with E-state index in [9.17, 15) is 0 Å². The molecule has 0 fully saturated rings. The first kappa shape index (κ1) is 20.0. The van der Waals surface area contributed by atoms with Crippen molar-refractivity contribution in [1.82, 2.24) is 10.6 Å². The average Bonchev–Trinajstić information content (AvgIpc) is 2.43. The number of nitrogens with one attached hydrogen (secondary N) is 2. The zero-order chi connectivity index (χ0) is 14.8. The Balaban J connectivity index is 0.00000400. The first-order valence-corrected chi connectivity index (χ1v) is 7.35. The number of benzene rings is 1. The molecule has 0 aliphatic heterocycles. The summed E-state index contributed by atoms with van der Waals surface area (Å²) in [4.78, 5) is 4.53. The van der Waals surface area contributed by atoms with E-state index in [1.807, 2.05) is 37.3 Å². The van der Waals surface area contributed by atoms with E-state index in [0.29, 0.717) is 5.92 Å². The normalized spacial score (nSPS) is 12.5. The highest BCUT2D eigenvalue weighted by Crippen LogP contribution is 2.10. The van der Waals surface area contributed by atoms with Gasteiger partial charge in [0.15, 0.2) is 5.96 Å². The first-order valence-electron chi connectivity index (χ1n) is 7.35. The van der Waals surface area contributed by atoms with Crippen LogP contribution >= 0.6 is 24.0 Å². The van der Waals surface area contributed by atoms with Crippen LogP contribution in [0, 0.1) is 5.92 Å². The van der Waals surface area contributed by atoms with Crippen molar-refractivity contribution in [2.24, 2.45) is 10.9 Å². The molecule has 0 heterocycles. The highest BCUT2D eigenvalue weighted by molar-refractivity contribution is 14.0. The van der Waals surface area contributed by atoms with Crippen LogP contribution in [0.2, 0.25) is 0 Å². The molecule has 0 saturated heterocycles. The molecule has 0 aliphatic rings. The summed E-state index contributed by atoms with van der Waals surface area (Å²) < 4.78 is 5.82. The molecule has 4 nitrogen and oxygen atoms in total. The van der Waals surface area contributed by atoms with Gasteiger partial charge in [-0.3, -0.25) is 4.99 Å². The molecule has 0 amide bonds. The molecule has 0 saturated carbocycles. The second-order valence-corrected chi connectivity index (χ2v) is 5.24. The summed E-state index contributed by atoms with van der Waals surface area (Å²) in [7, 11) is 0. The van der Waals surface area contributed by atoms with Crippen LogP contribution in [0.1, 0.15) is 27.7 Å². The molecule has 21 heavy (non-hydrogen) atoms. The average molecular weight is 405 g/mol. The minimum absolute atomic E-state index is 0. The molecule has 0 aromatic heterocycles. The van der Waals surface area contributed by atoms with E-state index < -0.39 is 0 Å². The van der Waals surface area contributed by atoms with Crippen molar-refractivity contribution in [3.63, 3.8) is 0 Å². The SMILES string of the molecule is CCNC(=NCC(C)C)NCC(C)Oc1ccccc1.I. The van der Waals surface area contributed by atoms with Gasteiger partial charge in [0.1, 0.15) is 11.9 Å². The van der Waals surface area contributed by atoms with Crippen LogP contribution in [0.5, 0.6) is 5.75 Å². The van der Waals surface area contributed by atoms with Gasteiger partial charge in [0.05, 0.1) is 6.54 Å². The maximum Gasteiger partial charge on any atom is 0.191 e. The van der Waals surface area contributed by atoms with Crippen molar-refractivity contribution in [3.05, 3.63) is 30.3 Å². The Kier molecular flexibility index (Phi) is 11.1. The fourth-order valence-electron chi connectivity index (χ4n) is 1.63. The third-order valence-corrected chi connectivity index (χ3v) is 2.60. The summed E-state index contributed by atoms with van der Waals surface area (Å²) in [5.41, 5.74) is 0. The number of hydrogen-bond donors (Lipinski definition) is 2. The molecule has 120 valence electrons.